The predicted molar refractivity (Wildman–Crippen MR) is 91.2 cm³/mol. The molecule has 0 spiro atoms. The first-order valence-electron chi connectivity index (χ1n) is 7.77. The second-order valence-corrected chi connectivity index (χ2v) is 5.23. The van der Waals surface area contributed by atoms with Gasteiger partial charge in [-0.1, -0.05) is 12.1 Å². The maximum absolute atomic E-state index is 12.1. The van der Waals surface area contributed by atoms with Gasteiger partial charge in [-0.05, 0) is 41.8 Å². The van der Waals surface area contributed by atoms with Crippen LogP contribution in [0, 0.1) is 0 Å². The number of aliphatic hydroxyl groups excluding tert-OH is 1. The van der Waals surface area contributed by atoms with Gasteiger partial charge in [0.05, 0.1) is 13.0 Å². The Kier molecular flexibility index (Phi) is 7.20. The molecule has 0 unspecified atom stereocenters. The van der Waals surface area contributed by atoms with Crippen LogP contribution in [-0.4, -0.2) is 42.9 Å². The largest absolute Gasteiger partial charge is 0.491 e. The van der Waals surface area contributed by atoms with E-state index in [2.05, 4.69) is 10.3 Å². The molecule has 6 heteroatoms. The van der Waals surface area contributed by atoms with Crippen LogP contribution >= 0.6 is 0 Å². The van der Waals surface area contributed by atoms with Gasteiger partial charge in [0.15, 0.2) is 0 Å². The van der Waals surface area contributed by atoms with Crippen molar-refractivity contribution in [2.24, 2.45) is 0 Å². The smallest absolute Gasteiger partial charge is 0.229 e. The van der Waals surface area contributed by atoms with Gasteiger partial charge >= 0.3 is 0 Å². The molecule has 0 aliphatic carbocycles. The van der Waals surface area contributed by atoms with E-state index in [4.69, 9.17) is 14.6 Å². The minimum Gasteiger partial charge on any atom is -0.491 e. The Morgan fingerprint density at radius 3 is 2.67 bits per heavy atom. The van der Waals surface area contributed by atoms with Crippen LogP contribution in [0.2, 0.25) is 0 Å². The van der Waals surface area contributed by atoms with Crippen LogP contribution in [0.5, 0.6) is 5.75 Å². The number of benzene rings is 1. The van der Waals surface area contributed by atoms with Gasteiger partial charge in [-0.3, -0.25) is 4.79 Å². The van der Waals surface area contributed by atoms with Crippen molar-refractivity contribution in [3.63, 3.8) is 0 Å². The van der Waals surface area contributed by atoms with Crippen LogP contribution < -0.4 is 10.1 Å². The van der Waals surface area contributed by atoms with Crippen molar-refractivity contribution in [2.75, 3.05) is 32.2 Å². The van der Waals surface area contributed by atoms with Gasteiger partial charge in [-0.2, -0.15) is 0 Å². The highest BCUT2D eigenvalue weighted by atomic mass is 16.5. The lowest BCUT2D eigenvalue weighted by Gasteiger charge is -2.08. The first-order chi connectivity index (χ1) is 11.7. The van der Waals surface area contributed by atoms with E-state index in [9.17, 15) is 4.79 Å². The number of rotatable bonds is 9. The highest BCUT2D eigenvalue weighted by Gasteiger charge is 2.06. The molecule has 1 heterocycles. The standard InChI is InChI=1S/C18H22N2O4/c1-23-10-11-24-16-4-2-14(3-5-16)13-18(22)20-17-12-15(7-9-21)6-8-19-17/h2-6,8,12,21H,7,9-11,13H2,1H3,(H,19,20,22). The Hall–Kier alpha value is -2.44. The number of aliphatic hydroxyl groups is 1. The van der Waals surface area contributed by atoms with Gasteiger partial charge in [0, 0.05) is 19.9 Å². The third-order valence-electron chi connectivity index (χ3n) is 3.34. The molecule has 2 rings (SSSR count). The van der Waals surface area contributed by atoms with E-state index in [1.807, 2.05) is 30.3 Å². The molecule has 1 aromatic carbocycles. The van der Waals surface area contributed by atoms with Crippen LogP contribution in [0.1, 0.15) is 11.1 Å². The monoisotopic (exact) mass is 330 g/mol. The number of hydrogen-bond donors (Lipinski definition) is 2. The first-order valence-corrected chi connectivity index (χ1v) is 7.77. The molecular formula is C18H22N2O4. The van der Waals surface area contributed by atoms with Gasteiger partial charge in [-0.25, -0.2) is 4.98 Å². The zero-order valence-electron chi connectivity index (χ0n) is 13.7. The average Bonchev–Trinajstić information content (AvgIpc) is 2.57. The van der Waals surface area contributed by atoms with E-state index >= 15 is 0 Å². The number of carbonyl (C=O) groups excluding carboxylic acids is 1. The summed E-state index contributed by atoms with van der Waals surface area (Å²) in [6, 6.07) is 11.0. The van der Waals surface area contributed by atoms with Crippen molar-refractivity contribution >= 4 is 11.7 Å². The highest BCUT2D eigenvalue weighted by Crippen LogP contribution is 2.13. The van der Waals surface area contributed by atoms with Crippen LogP contribution in [0.25, 0.3) is 0 Å². The Bertz CT molecular complexity index is 644. The number of carbonyl (C=O) groups is 1. The third-order valence-corrected chi connectivity index (χ3v) is 3.34. The topological polar surface area (TPSA) is 80.7 Å². The lowest BCUT2D eigenvalue weighted by atomic mass is 10.1. The Balaban J connectivity index is 1.86. The van der Waals surface area contributed by atoms with Crippen LogP contribution in [0.15, 0.2) is 42.6 Å². The van der Waals surface area contributed by atoms with Crippen molar-refractivity contribution in [3.8, 4) is 5.75 Å². The Labute approximate surface area is 141 Å². The molecule has 0 radical (unpaired) electrons. The Morgan fingerprint density at radius 1 is 1.17 bits per heavy atom. The lowest BCUT2D eigenvalue weighted by Crippen LogP contribution is -2.15. The molecule has 2 aromatic rings. The second kappa shape index (κ2) is 9.64. The van der Waals surface area contributed by atoms with Gasteiger partial charge in [0.2, 0.25) is 5.91 Å². The van der Waals surface area contributed by atoms with Gasteiger partial charge in [-0.15, -0.1) is 0 Å². The molecule has 2 N–H and O–H groups in total. The highest BCUT2D eigenvalue weighted by molar-refractivity contribution is 5.91. The summed E-state index contributed by atoms with van der Waals surface area (Å²) in [4.78, 5) is 16.2. The van der Waals surface area contributed by atoms with Crippen molar-refractivity contribution in [1.29, 1.82) is 0 Å². The molecule has 1 aromatic heterocycles. The van der Waals surface area contributed by atoms with Gasteiger partial charge < -0.3 is 19.9 Å². The molecular weight excluding hydrogens is 308 g/mol. The Morgan fingerprint density at radius 2 is 1.96 bits per heavy atom. The van der Waals surface area contributed by atoms with Crippen molar-refractivity contribution in [3.05, 3.63) is 53.7 Å². The minimum atomic E-state index is -0.142. The number of ether oxygens (including phenoxy) is 2. The molecule has 0 bridgehead atoms. The zero-order valence-corrected chi connectivity index (χ0v) is 13.7. The number of pyridine rings is 1. The van der Waals surface area contributed by atoms with E-state index in [1.54, 1.807) is 19.4 Å². The normalized spacial score (nSPS) is 10.4. The summed E-state index contributed by atoms with van der Waals surface area (Å²) in [5.41, 5.74) is 1.82. The molecule has 6 nitrogen and oxygen atoms in total. The number of methoxy groups -OCH3 is 1. The second-order valence-electron chi connectivity index (χ2n) is 5.23. The van der Waals surface area contributed by atoms with E-state index in [1.165, 1.54) is 0 Å². The molecule has 0 aliphatic rings. The SMILES string of the molecule is COCCOc1ccc(CC(=O)Nc2cc(CCO)ccn2)cc1. The maximum atomic E-state index is 12.1. The predicted octanol–water partition coefficient (Wildman–Crippen LogP) is 1.82. The minimum absolute atomic E-state index is 0.0657. The molecule has 0 saturated carbocycles. The number of aromatic nitrogens is 1. The third kappa shape index (κ3) is 5.98. The summed E-state index contributed by atoms with van der Waals surface area (Å²) in [7, 11) is 1.62. The summed E-state index contributed by atoms with van der Waals surface area (Å²) in [6.45, 7) is 1.09. The van der Waals surface area contributed by atoms with E-state index in [-0.39, 0.29) is 18.9 Å². The van der Waals surface area contributed by atoms with Crippen LogP contribution in [-0.2, 0) is 22.4 Å². The molecule has 0 fully saturated rings. The molecule has 24 heavy (non-hydrogen) atoms. The van der Waals surface area contributed by atoms with E-state index in [0.29, 0.717) is 25.5 Å². The first kappa shape index (κ1) is 17.9. The molecule has 0 saturated heterocycles. The number of hydrogen-bond acceptors (Lipinski definition) is 5. The average molecular weight is 330 g/mol. The lowest BCUT2D eigenvalue weighted by molar-refractivity contribution is -0.115. The number of nitrogens with one attached hydrogen (secondary N) is 1. The van der Waals surface area contributed by atoms with Gasteiger partial charge in [0.1, 0.15) is 18.2 Å². The van der Waals surface area contributed by atoms with E-state index in [0.717, 1.165) is 16.9 Å². The molecule has 128 valence electrons. The maximum Gasteiger partial charge on any atom is 0.229 e. The van der Waals surface area contributed by atoms with Crippen molar-refractivity contribution < 1.29 is 19.4 Å². The van der Waals surface area contributed by atoms with Crippen molar-refractivity contribution in [2.45, 2.75) is 12.8 Å². The molecule has 1 amide bonds. The fourth-order valence-corrected chi connectivity index (χ4v) is 2.15. The number of nitrogens with zero attached hydrogens (tertiary/aromatic N) is 1. The van der Waals surface area contributed by atoms with Crippen LogP contribution in [0.3, 0.4) is 0 Å². The fraction of sp³-hybridized carbons (Fsp3) is 0.333. The summed E-state index contributed by atoms with van der Waals surface area (Å²) in [5, 5.41) is 11.7. The van der Waals surface area contributed by atoms with Crippen molar-refractivity contribution in [1.82, 2.24) is 4.98 Å². The molecule has 0 aliphatic heterocycles. The zero-order chi connectivity index (χ0) is 17.2. The quantitative estimate of drug-likeness (QED) is 0.686. The summed E-state index contributed by atoms with van der Waals surface area (Å²) in [6.07, 6.45) is 2.41. The number of anilines is 1. The van der Waals surface area contributed by atoms with E-state index < -0.39 is 0 Å². The summed E-state index contributed by atoms with van der Waals surface area (Å²) in [5.74, 6) is 1.09. The summed E-state index contributed by atoms with van der Waals surface area (Å²) < 4.78 is 10.4. The van der Waals surface area contributed by atoms with Crippen LogP contribution in [0.4, 0.5) is 5.82 Å². The molecule has 0 atom stereocenters. The van der Waals surface area contributed by atoms with Gasteiger partial charge in [0.25, 0.3) is 0 Å². The summed E-state index contributed by atoms with van der Waals surface area (Å²) >= 11 is 0. The number of amides is 1. The fourth-order valence-electron chi connectivity index (χ4n) is 2.15.